The number of rotatable bonds is 2. The Kier molecular flexibility index (Phi) is 4.88. The molecule has 1 N–H and O–H groups in total. The number of ether oxygens (including phenoxy) is 1. The normalized spacial score (nSPS) is 30.6. The zero-order valence-corrected chi connectivity index (χ0v) is 17.8. The van der Waals surface area contributed by atoms with Crippen molar-refractivity contribution in [3.8, 4) is 11.5 Å². The molecule has 6 heteroatoms. The number of phenolic OH excluding ortho intramolecular Hbond substituents is 1. The summed E-state index contributed by atoms with van der Waals surface area (Å²) in [6.45, 7) is 2.09. The fourth-order valence-corrected chi connectivity index (χ4v) is 6.34. The fraction of sp³-hybridized carbons (Fsp3) is 0.423. The lowest BCUT2D eigenvalue weighted by atomic mass is 9.55. The van der Waals surface area contributed by atoms with E-state index in [0.717, 1.165) is 31.3 Å². The number of ketones is 1. The lowest BCUT2D eigenvalue weighted by molar-refractivity contribution is -0.274. The van der Waals surface area contributed by atoms with E-state index in [2.05, 4.69) is 11.7 Å². The Morgan fingerprint density at radius 1 is 1.12 bits per heavy atom. The van der Waals surface area contributed by atoms with Crippen molar-refractivity contribution in [1.82, 2.24) is 0 Å². The second-order valence-corrected chi connectivity index (χ2v) is 9.57. The van der Waals surface area contributed by atoms with Gasteiger partial charge in [0.05, 0.1) is 0 Å². The van der Waals surface area contributed by atoms with Crippen LogP contribution in [-0.4, -0.2) is 17.3 Å². The lowest BCUT2D eigenvalue weighted by Crippen LogP contribution is -2.42. The number of aryl methyl sites for hydroxylation is 1. The van der Waals surface area contributed by atoms with Crippen molar-refractivity contribution in [2.75, 3.05) is 0 Å². The van der Waals surface area contributed by atoms with E-state index in [4.69, 9.17) is 0 Å². The van der Waals surface area contributed by atoms with Crippen molar-refractivity contribution in [1.29, 1.82) is 0 Å². The number of alkyl halides is 3. The smallest absolute Gasteiger partial charge is 0.508 e. The van der Waals surface area contributed by atoms with Crippen molar-refractivity contribution in [2.24, 2.45) is 17.3 Å². The van der Waals surface area contributed by atoms with Crippen LogP contribution in [0.4, 0.5) is 13.2 Å². The van der Waals surface area contributed by atoms with Crippen LogP contribution < -0.4 is 4.74 Å². The number of carbonyl (C=O) groups excluding carboxylic acids is 1. The molecule has 4 atom stereocenters. The Bertz CT molecular complexity index is 1090. The largest absolute Gasteiger partial charge is 0.573 e. The zero-order chi connectivity index (χ0) is 22.7. The topological polar surface area (TPSA) is 46.5 Å². The molecule has 3 nitrogen and oxygen atoms in total. The standard InChI is InChI=1S/C26H25F3O3/c1-25-11-10-21-20-9-5-18(30)13-16(20)4-8-22(21)23(25)14-17(24(25)31)12-15-2-6-19(7-3-15)32-26(27,28)29/h2-3,5-7,9,12-13,21-23,30H,4,8,10-11,14H2,1H3/b17-12+/t21-,22+,23+,25+/m1/s1. The Balaban J connectivity index is 1.40. The van der Waals surface area contributed by atoms with Gasteiger partial charge in [-0.2, -0.15) is 0 Å². The predicted molar refractivity (Wildman–Crippen MR) is 114 cm³/mol. The summed E-state index contributed by atoms with van der Waals surface area (Å²) in [5.74, 6) is 1.29. The second kappa shape index (κ2) is 7.39. The first-order chi connectivity index (χ1) is 15.1. The summed E-state index contributed by atoms with van der Waals surface area (Å²) < 4.78 is 41.1. The Morgan fingerprint density at radius 3 is 2.59 bits per heavy atom. The Hall–Kier alpha value is -2.76. The van der Waals surface area contributed by atoms with Crippen molar-refractivity contribution in [2.45, 2.75) is 51.3 Å². The van der Waals surface area contributed by atoms with Crippen molar-refractivity contribution < 1.29 is 27.8 Å². The number of aromatic hydroxyl groups is 1. The van der Waals surface area contributed by atoms with E-state index < -0.39 is 6.36 Å². The monoisotopic (exact) mass is 442 g/mol. The van der Waals surface area contributed by atoms with Crippen LogP contribution in [0.2, 0.25) is 0 Å². The maximum atomic E-state index is 13.4. The minimum absolute atomic E-state index is 0.174. The van der Waals surface area contributed by atoms with E-state index >= 15 is 0 Å². The van der Waals surface area contributed by atoms with Gasteiger partial charge in [-0.05, 0) is 102 Å². The second-order valence-electron chi connectivity index (χ2n) is 9.57. The van der Waals surface area contributed by atoms with Crippen LogP contribution in [0, 0.1) is 17.3 Å². The van der Waals surface area contributed by atoms with Gasteiger partial charge in [0, 0.05) is 5.41 Å². The van der Waals surface area contributed by atoms with Gasteiger partial charge in [0.15, 0.2) is 5.78 Å². The van der Waals surface area contributed by atoms with E-state index in [-0.39, 0.29) is 22.9 Å². The van der Waals surface area contributed by atoms with Crippen LogP contribution in [0.25, 0.3) is 6.08 Å². The third-order valence-corrected chi connectivity index (χ3v) is 7.80. The molecule has 3 aliphatic carbocycles. The van der Waals surface area contributed by atoms with Crippen LogP contribution in [0.15, 0.2) is 48.0 Å². The summed E-state index contributed by atoms with van der Waals surface area (Å²) in [6.07, 6.45) is 1.50. The third kappa shape index (κ3) is 3.59. The van der Waals surface area contributed by atoms with Gasteiger partial charge in [0.1, 0.15) is 11.5 Å². The Morgan fingerprint density at radius 2 is 1.88 bits per heavy atom. The number of carbonyl (C=O) groups is 1. The van der Waals surface area contributed by atoms with E-state index in [1.807, 2.05) is 18.2 Å². The first-order valence-corrected chi connectivity index (χ1v) is 11.1. The molecule has 0 radical (unpaired) electrons. The van der Waals surface area contributed by atoms with Crippen LogP contribution in [0.3, 0.4) is 0 Å². The van der Waals surface area contributed by atoms with Crippen LogP contribution in [0.1, 0.15) is 55.2 Å². The average molecular weight is 442 g/mol. The summed E-state index contributed by atoms with van der Waals surface area (Å²) in [6, 6.07) is 11.3. The molecule has 0 bridgehead atoms. The van der Waals surface area contributed by atoms with Crippen LogP contribution >= 0.6 is 0 Å². The van der Waals surface area contributed by atoms with E-state index in [1.54, 1.807) is 18.2 Å². The highest BCUT2D eigenvalue weighted by molar-refractivity contribution is 6.06. The summed E-state index contributed by atoms with van der Waals surface area (Å²) in [5.41, 5.74) is 3.61. The first-order valence-electron chi connectivity index (χ1n) is 11.1. The number of allylic oxidation sites excluding steroid dienone is 1. The summed E-state index contributed by atoms with van der Waals surface area (Å²) in [4.78, 5) is 13.4. The lowest BCUT2D eigenvalue weighted by Gasteiger charge is -2.48. The molecule has 0 amide bonds. The minimum atomic E-state index is -4.72. The van der Waals surface area contributed by atoms with Crippen molar-refractivity contribution >= 4 is 11.9 Å². The molecular weight excluding hydrogens is 417 g/mol. The third-order valence-electron chi connectivity index (χ3n) is 7.80. The van der Waals surface area contributed by atoms with Crippen LogP contribution in [0.5, 0.6) is 11.5 Å². The minimum Gasteiger partial charge on any atom is -0.508 e. The Labute approximate surface area is 184 Å². The molecule has 32 heavy (non-hydrogen) atoms. The summed E-state index contributed by atoms with van der Waals surface area (Å²) in [7, 11) is 0. The van der Waals surface area contributed by atoms with Crippen molar-refractivity contribution in [3.05, 3.63) is 64.7 Å². The highest BCUT2D eigenvalue weighted by Gasteiger charge is 2.56. The molecule has 2 aromatic carbocycles. The molecule has 3 aliphatic rings. The summed E-state index contributed by atoms with van der Waals surface area (Å²) in [5, 5.41) is 9.84. The van der Waals surface area contributed by atoms with Gasteiger partial charge in [-0.3, -0.25) is 4.79 Å². The first kappa shape index (κ1) is 21.1. The quantitative estimate of drug-likeness (QED) is 0.547. The molecule has 0 unspecified atom stereocenters. The SMILES string of the molecule is C[C@]12CC[C@@H]3c4ccc(O)cc4CC[C@@H]3[C@@H]1C/C(=C\c1ccc(OC(F)(F)F)cc1)C2=O. The number of phenols is 1. The zero-order valence-electron chi connectivity index (χ0n) is 17.8. The highest BCUT2D eigenvalue weighted by atomic mass is 19.4. The maximum Gasteiger partial charge on any atom is 0.573 e. The predicted octanol–water partition coefficient (Wildman–Crippen LogP) is 6.41. The van der Waals surface area contributed by atoms with Gasteiger partial charge in [-0.1, -0.05) is 25.1 Å². The number of hydrogen-bond donors (Lipinski definition) is 1. The molecule has 0 saturated heterocycles. The molecule has 5 rings (SSSR count). The van der Waals surface area contributed by atoms with Gasteiger partial charge in [-0.15, -0.1) is 13.2 Å². The maximum absolute atomic E-state index is 13.4. The molecule has 0 aromatic heterocycles. The molecule has 168 valence electrons. The number of fused-ring (bicyclic) bond motifs is 5. The number of hydrogen-bond acceptors (Lipinski definition) is 3. The average Bonchev–Trinajstić information content (AvgIpc) is 2.98. The van der Waals surface area contributed by atoms with E-state index in [1.165, 1.54) is 23.3 Å². The van der Waals surface area contributed by atoms with Gasteiger partial charge in [0.25, 0.3) is 0 Å². The number of Topliss-reactive ketones (excluding diaryl/α,β-unsaturated/α-hetero) is 1. The number of halogens is 3. The fourth-order valence-electron chi connectivity index (χ4n) is 6.34. The molecule has 2 fully saturated rings. The van der Waals surface area contributed by atoms with Crippen LogP contribution in [-0.2, 0) is 11.2 Å². The molecule has 0 spiro atoms. The van der Waals surface area contributed by atoms with E-state index in [0.29, 0.717) is 29.6 Å². The molecule has 2 saturated carbocycles. The highest BCUT2D eigenvalue weighted by Crippen LogP contribution is 2.60. The molecular formula is C26H25F3O3. The van der Waals surface area contributed by atoms with Gasteiger partial charge < -0.3 is 9.84 Å². The van der Waals surface area contributed by atoms with Gasteiger partial charge in [0.2, 0.25) is 0 Å². The van der Waals surface area contributed by atoms with Gasteiger partial charge >= 0.3 is 6.36 Å². The summed E-state index contributed by atoms with van der Waals surface area (Å²) >= 11 is 0. The van der Waals surface area contributed by atoms with E-state index in [9.17, 15) is 23.1 Å². The van der Waals surface area contributed by atoms with Gasteiger partial charge in [-0.25, -0.2) is 0 Å². The van der Waals surface area contributed by atoms with Crippen molar-refractivity contribution in [3.63, 3.8) is 0 Å². The molecule has 0 aliphatic heterocycles. The number of benzene rings is 2. The molecule has 0 heterocycles. The molecule has 2 aromatic rings.